The molecule has 9 N–H and O–H groups in total. The molecule has 2 aliphatic heterocycles. The number of hydrogen-bond acceptors (Lipinski definition) is 17. The number of aliphatic hydroxyl groups is 3. The first kappa shape index (κ1) is 28.5. The number of nitrogens with zero attached hydrogens (tertiary/aromatic N) is 7. The fourth-order valence-corrected chi connectivity index (χ4v) is 5.71. The van der Waals surface area contributed by atoms with Crippen LogP contribution in [0.25, 0.3) is 22.3 Å². The van der Waals surface area contributed by atoms with Crippen molar-refractivity contribution in [2.45, 2.75) is 49.3 Å². The lowest BCUT2D eigenvalue weighted by molar-refractivity contribution is -0.159. The highest BCUT2D eigenvalue weighted by molar-refractivity contribution is 7.47. The summed E-state index contributed by atoms with van der Waals surface area (Å²) >= 11 is 0. The Bertz CT molecular complexity index is 1730. The lowest BCUT2D eigenvalue weighted by Crippen LogP contribution is -2.36. The lowest BCUT2D eigenvalue weighted by Gasteiger charge is -2.23. The number of anilines is 2. The molecule has 226 valence electrons. The quantitative estimate of drug-likeness (QED) is 0.0982. The third kappa shape index (κ3) is 4.80. The number of hydrogen-bond donors (Lipinski definition) is 7. The maximum absolute atomic E-state index is 12.9. The number of aliphatic hydroxyl groups excluding tert-OH is 3. The van der Waals surface area contributed by atoms with Gasteiger partial charge in [-0.15, -0.1) is 0 Å². The first-order valence-electron chi connectivity index (χ1n) is 12.2. The Morgan fingerprint density at radius 2 is 1.69 bits per heavy atom. The van der Waals surface area contributed by atoms with Gasteiger partial charge in [-0.3, -0.25) is 28.0 Å². The van der Waals surface area contributed by atoms with Gasteiger partial charge in [0.1, 0.15) is 36.3 Å². The number of imidazole rings is 2. The molecule has 6 rings (SSSR count). The van der Waals surface area contributed by atoms with Crippen molar-refractivity contribution in [2.24, 2.45) is 0 Å². The smallest absolute Gasteiger partial charge is 0.387 e. The Morgan fingerprint density at radius 1 is 1.00 bits per heavy atom. The molecule has 6 heterocycles. The van der Waals surface area contributed by atoms with E-state index >= 15 is 0 Å². The summed E-state index contributed by atoms with van der Waals surface area (Å²) in [6.45, 7) is -0.738. The largest absolute Gasteiger partial charge is 0.472 e. The van der Waals surface area contributed by atoms with E-state index in [-0.39, 0.29) is 34.1 Å². The van der Waals surface area contributed by atoms with E-state index in [0.29, 0.717) is 0 Å². The minimum Gasteiger partial charge on any atom is -0.387 e. The van der Waals surface area contributed by atoms with Crippen LogP contribution in [0.5, 0.6) is 0 Å². The van der Waals surface area contributed by atoms with Gasteiger partial charge in [-0.1, -0.05) is 0 Å². The zero-order chi connectivity index (χ0) is 29.9. The number of H-pyrrole nitrogens is 1. The molecule has 4 aromatic rings. The van der Waals surface area contributed by atoms with E-state index in [9.17, 15) is 29.6 Å². The molecule has 0 aliphatic carbocycles. The molecule has 2 fully saturated rings. The minimum absolute atomic E-state index is 0.0274. The number of phosphoric ester groups is 1. The van der Waals surface area contributed by atoms with Gasteiger partial charge in [-0.25, -0.2) is 24.5 Å². The molecule has 22 heteroatoms. The van der Waals surface area contributed by atoms with Crippen LogP contribution in [-0.2, 0) is 27.8 Å². The summed E-state index contributed by atoms with van der Waals surface area (Å²) in [6, 6.07) is 0. The van der Waals surface area contributed by atoms with E-state index in [1.54, 1.807) is 0 Å². The molecule has 42 heavy (non-hydrogen) atoms. The SMILES string of the molecule is CO[C@H]1O[C@@H](n2cnc3c(N)ncnc32)C(O)C1OP(=O)(O)OC[C@H]1O[C@@H](n2cnc3c(=O)[nH]c(N)nc32)C(O)C1O. The van der Waals surface area contributed by atoms with Crippen molar-refractivity contribution in [3.8, 4) is 0 Å². The number of aromatic nitrogens is 8. The summed E-state index contributed by atoms with van der Waals surface area (Å²) in [5.74, 6) is -0.122. The molecule has 9 atom stereocenters. The third-order valence-electron chi connectivity index (χ3n) is 6.78. The Balaban J connectivity index is 1.14. The number of fused-ring (bicyclic) bond motifs is 2. The van der Waals surface area contributed by atoms with Crippen molar-refractivity contribution >= 4 is 41.9 Å². The zero-order valence-electron chi connectivity index (χ0n) is 21.4. The summed E-state index contributed by atoms with van der Waals surface area (Å²) < 4.78 is 42.2. The monoisotopic (exact) mass is 612 g/mol. The van der Waals surface area contributed by atoms with Crippen LogP contribution in [-0.4, -0.2) is 110 Å². The highest BCUT2D eigenvalue weighted by Crippen LogP contribution is 2.49. The number of nitrogens with two attached hydrogens (primary N) is 2. The number of rotatable bonds is 8. The second-order valence-electron chi connectivity index (χ2n) is 9.36. The number of phosphoric acid groups is 1. The van der Waals surface area contributed by atoms with Crippen molar-refractivity contribution in [2.75, 3.05) is 25.2 Å². The first-order valence-corrected chi connectivity index (χ1v) is 13.7. The standard InChI is InChI=1S/C20H25N10O11P/c1-37-19-12(11(33)18(40-19)29-4-25-7-13(21)23-3-24-14(7)29)41-42(35,36)38-2-6-9(31)10(32)17(39-6)30-5-26-8-15(30)27-20(22)28-16(8)34/h3-6,9-12,17-19,31-33H,2H2,1H3,(H,35,36)(H2,21,23,24)(H3,22,27,28,34)/t6-,9?,10?,11?,12?,17-,18-,19+/m1/s1. The first-order chi connectivity index (χ1) is 20.0. The predicted molar refractivity (Wildman–Crippen MR) is 136 cm³/mol. The van der Waals surface area contributed by atoms with E-state index in [0.717, 1.165) is 6.33 Å². The zero-order valence-corrected chi connectivity index (χ0v) is 22.3. The highest BCUT2D eigenvalue weighted by Gasteiger charge is 2.51. The third-order valence-corrected chi connectivity index (χ3v) is 7.77. The van der Waals surface area contributed by atoms with Crippen LogP contribution >= 0.6 is 7.82 Å². The molecule has 21 nitrogen and oxygen atoms in total. The summed E-state index contributed by atoms with van der Waals surface area (Å²) in [5, 5.41) is 32.1. The van der Waals surface area contributed by atoms with Crippen LogP contribution in [0.15, 0.2) is 23.8 Å². The maximum Gasteiger partial charge on any atom is 0.472 e. The molecule has 2 aliphatic rings. The Morgan fingerprint density at radius 3 is 2.43 bits per heavy atom. The van der Waals surface area contributed by atoms with Gasteiger partial charge in [0.2, 0.25) is 5.95 Å². The second-order valence-corrected chi connectivity index (χ2v) is 10.8. The molecule has 4 aromatic heterocycles. The Kier molecular flexibility index (Phi) is 7.17. The second kappa shape index (κ2) is 10.6. The van der Waals surface area contributed by atoms with Crippen LogP contribution in [0.4, 0.5) is 11.8 Å². The number of ether oxygens (including phenoxy) is 3. The molecular weight excluding hydrogens is 587 g/mol. The van der Waals surface area contributed by atoms with Gasteiger partial charge in [0, 0.05) is 7.11 Å². The molecule has 0 radical (unpaired) electrons. The average Bonchev–Trinajstić information content (AvgIpc) is 3.69. The van der Waals surface area contributed by atoms with Crippen LogP contribution < -0.4 is 17.0 Å². The van der Waals surface area contributed by atoms with Gasteiger partial charge < -0.3 is 45.9 Å². The fraction of sp³-hybridized carbons (Fsp3) is 0.500. The molecular formula is C20H25N10O11P. The number of nitrogens with one attached hydrogen (secondary N) is 1. The Labute approximate surface area is 233 Å². The van der Waals surface area contributed by atoms with Crippen molar-refractivity contribution in [1.29, 1.82) is 0 Å². The fourth-order valence-electron chi connectivity index (χ4n) is 4.78. The van der Waals surface area contributed by atoms with E-state index in [4.69, 9.17) is 34.7 Å². The van der Waals surface area contributed by atoms with Gasteiger partial charge in [0.25, 0.3) is 5.56 Å². The van der Waals surface area contributed by atoms with Crippen molar-refractivity contribution in [3.05, 3.63) is 29.3 Å². The molecule has 0 saturated carbocycles. The highest BCUT2D eigenvalue weighted by atomic mass is 31.2. The molecule has 0 amide bonds. The predicted octanol–water partition coefficient (Wildman–Crippen LogP) is -2.89. The van der Waals surface area contributed by atoms with E-state index in [2.05, 4.69) is 29.9 Å². The topological polar surface area (TPSA) is 303 Å². The number of methoxy groups -OCH3 is 1. The summed E-state index contributed by atoms with van der Waals surface area (Å²) in [7, 11) is -3.75. The molecule has 0 bridgehead atoms. The number of nitrogen functional groups attached to an aromatic ring is 2. The van der Waals surface area contributed by atoms with Gasteiger partial charge in [-0.05, 0) is 0 Å². The van der Waals surface area contributed by atoms with Crippen LogP contribution in [0, 0.1) is 0 Å². The molecule has 0 aromatic carbocycles. The van der Waals surface area contributed by atoms with Crippen molar-refractivity contribution in [1.82, 2.24) is 39.0 Å². The maximum atomic E-state index is 12.9. The number of aromatic amines is 1. The van der Waals surface area contributed by atoms with Gasteiger partial charge in [0.15, 0.2) is 47.5 Å². The normalized spacial score (nSPS) is 31.3. The van der Waals surface area contributed by atoms with E-state index in [1.807, 2.05) is 0 Å². The van der Waals surface area contributed by atoms with Gasteiger partial charge in [0.05, 0.1) is 19.3 Å². The van der Waals surface area contributed by atoms with E-state index < -0.39 is 69.3 Å². The summed E-state index contributed by atoms with van der Waals surface area (Å²) in [5.41, 5.74) is 11.1. The minimum atomic E-state index is -4.98. The van der Waals surface area contributed by atoms with Crippen LogP contribution in [0.1, 0.15) is 12.5 Å². The lowest BCUT2D eigenvalue weighted by atomic mass is 10.1. The molecule has 0 spiro atoms. The van der Waals surface area contributed by atoms with Crippen molar-refractivity contribution in [3.63, 3.8) is 0 Å². The molecule has 2 saturated heterocycles. The summed E-state index contributed by atoms with van der Waals surface area (Å²) in [6.07, 6.45) is -7.86. The van der Waals surface area contributed by atoms with Gasteiger partial charge >= 0.3 is 7.82 Å². The molecule has 5 unspecified atom stereocenters. The van der Waals surface area contributed by atoms with Crippen LogP contribution in [0.3, 0.4) is 0 Å². The van der Waals surface area contributed by atoms with Crippen LogP contribution in [0.2, 0.25) is 0 Å². The van der Waals surface area contributed by atoms with E-state index in [1.165, 1.54) is 28.9 Å². The Hall–Kier alpha value is -3.63. The van der Waals surface area contributed by atoms with Crippen molar-refractivity contribution < 1.29 is 48.0 Å². The van der Waals surface area contributed by atoms with Gasteiger partial charge in [-0.2, -0.15) is 4.98 Å². The summed E-state index contributed by atoms with van der Waals surface area (Å²) in [4.78, 5) is 44.7. The average molecular weight is 612 g/mol.